The molecular weight excluding hydrogens is 550 g/mol. The van der Waals surface area contributed by atoms with Gasteiger partial charge in [0.15, 0.2) is 5.78 Å². The number of benzene rings is 1. The number of Topliss-reactive ketones (excluding diaryl/α,β-unsaturated/α-hetero) is 2. The van der Waals surface area contributed by atoms with Crippen LogP contribution in [0.3, 0.4) is 0 Å². The quantitative estimate of drug-likeness (QED) is 0.147. The third kappa shape index (κ3) is 9.76. The number of urea groups is 1. The standard InChI is InChI=1S/C32H47N5O6/c1-8-14-22(26(39)29(41)33-18-9-2)34-28(40)23-17-13-19-37(23)30(42)27(32(5,6)7)36-31(43)35-24(20(3)4)25(38)21-15-11-10-12-16-21/h9-12,15-16,20,22-24,27H,2,8,13-14,17-19H2,1,3-7H3,(H,33,41)(H,34,40)(H2,35,36,43)/t22?,23-,24-,27+/m0/s1. The van der Waals surface area contributed by atoms with Gasteiger partial charge in [-0.2, -0.15) is 0 Å². The topological polar surface area (TPSA) is 154 Å². The summed E-state index contributed by atoms with van der Waals surface area (Å²) in [6, 6.07) is 4.27. The van der Waals surface area contributed by atoms with Crippen molar-refractivity contribution in [2.75, 3.05) is 13.1 Å². The van der Waals surface area contributed by atoms with Crippen LogP contribution >= 0.6 is 0 Å². The van der Waals surface area contributed by atoms with E-state index in [1.165, 1.54) is 11.0 Å². The van der Waals surface area contributed by atoms with Gasteiger partial charge in [0.1, 0.15) is 12.1 Å². The minimum Gasteiger partial charge on any atom is -0.346 e. The zero-order valence-electron chi connectivity index (χ0n) is 26.2. The fraction of sp³-hybridized carbons (Fsp3) is 0.562. The Hall–Kier alpha value is -4.02. The molecular formula is C32H47N5O6. The molecule has 1 heterocycles. The third-order valence-electron chi connectivity index (χ3n) is 7.36. The second-order valence-electron chi connectivity index (χ2n) is 12.3. The Balaban J connectivity index is 2.19. The maximum absolute atomic E-state index is 13.9. The summed E-state index contributed by atoms with van der Waals surface area (Å²) in [6.07, 6.45) is 3.19. The summed E-state index contributed by atoms with van der Waals surface area (Å²) in [4.78, 5) is 80.0. The van der Waals surface area contributed by atoms with Gasteiger partial charge in [-0.05, 0) is 30.6 Å². The molecule has 236 valence electrons. The lowest BCUT2D eigenvalue weighted by Gasteiger charge is -2.36. The summed E-state index contributed by atoms with van der Waals surface area (Å²) in [5, 5.41) is 10.6. The Morgan fingerprint density at radius 2 is 1.67 bits per heavy atom. The Morgan fingerprint density at radius 3 is 2.23 bits per heavy atom. The Labute approximate surface area is 254 Å². The van der Waals surface area contributed by atoms with Crippen molar-refractivity contribution in [2.45, 2.75) is 91.4 Å². The first-order valence-electron chi connectivity index (χ1n) is 14.9. The summed E-state index contributed by atoms with van der Waals surface area (Å²) in [6.45, 7) is 14.8. The molecule has 0 saturated carbocycles. The molecule has 11 heteroatoms. The molecule has 1 aliphatic heterocycles. The smallest absolute Gasteiger partial charge is 0.316 e. The molecule has 0 aliphatic carbocycles. The molecule has 43 heavy (non-hydrogen) atoms. The van der Waals surface area contributed by atoms with Crippen molar-refractivity contribution < 1.29 is 28.8 Å². The predicted molar refractivity (Wildman–Crippen MR) is 164 cm³/mol. The Bertz CT molecular complexity index is 1180. The van der Waals surface area contributed by atoms with E-state index in [1.807, 2.05) is 20.8 Å². The summed E-state index contributed by atoms with van der Waals surface area (Å²) in [5.74, 6) is -3.01. The van der Waals surface area contributed by atoms with Crippen molar-refractivity contribution in [1.82, 2.24) is 26.2 Å². The van der Waals surface area contributed by atoms with E-state index in [-0.39, 0.29) is 24.7 Å². The number of carbonyl (C=O) groups is 6. The van der Waals surface area contributed by atoms with Gasteiger partial charge in [-0.15, -0.1) is 6.58 Å². The first-order chi connectivity index (χ1) is 20.2. The van der Waals surface area contributed by atoms with Crippen LogP contribution < -0.4 is 21.3 Å². The number of likely N-dealkylation sites (tertiary alicyclic amines) is 1. The molecule has 1 saturated heterocycles. The number of hydrogen-bond donors (Lipinski definition) is 4. The number of nitrogens with one attached hydrogen (secondary N) is 4. The molecule has 1 aromatic carbocycles. The lowest BCUT2D eigenvalue weighted by Crippen LogP contribution is -2.61. The van der Waals surface area contributed by atoms with Crippen molar-refractivity contribution in [3.63, 3.8) is 0 Å². The maximum atomic E-state index is 13.9. The molecule has 0 aromatic heterocycles. The second-order valence-corrected chi connectivity index (χ2v) is 12.3. The molecule has 5 amide bonds. The van der Waals surface area contributed by atoms with Crippen molar-refractivity contribution >= 4 is 35.3 Å². The van der Waals surface area contributed by atoms with Gasteiger partial charge in [-0.3, -0.25) is 24.0 Å². The van der Waals surface area contributed by atoms with E-state index in [2.05, 4.69) is 27.8 Å². The largest absolute Gasteiger partial charge is 0.346 e. The van der Waals surface area contributed by atoms with Gasteiger partial charge in [-0.1, -0.05) is 84.4 Å². The first kappa shape index (κ1) is 35.2. The third-order valence-corrected chi connectivity index (χ3v) is 7.36. The van der Waals surface area contributed by atoms with Gasteiger partial charge in [0.25, 0.3) is 5.91 Å². The van der Waals surface area contributed by atoms with Crippen molar-refractivity contribution in [3.05, 3.63) is 48.6 Å². The van der Waals surface area contributed by atoms with Crippen LogP contribution in [0.4, 0.5) is 4.79 Å². The van der Waals surface area contributed by atoms with Crippen LogP contribution in [0.5, 0.6) is 0 Å². The normalized spacial score (nSPS) is 16.9. The van der Waals surface area contributed by atoms with E-state index in [0.29, 0.717) is 31.4 Å². The van der Waals surface area contributed by atoms with E-state index in [0.717, 1.165) is 0 Å². The van der Waals surface area contributed by atoms with Gasteiger partial charge in [0.05, 0.1) is 12.1 Å². The number of rotatable bonds is 14. The average molecular weight is 598 g/mol. The predicted octanol–water partition coefficient (Wildman–Crippen LogP) is 2.76. The Kier molecular flexibility index (Phi) is 13.1. The van der Waals surface area contributed by atoms with Crippen LogP contribution in [0.15, 0.2) is 43.0 Å². The van der Waals surface area contributed by atoms with Crippen LogP contribution in [0.1, 0.15) is 77.6 Å². The zero-order valence-corrected chi connectivity index (χ0v) is 26.2. The summed E-state index contributed by atoms with van der Waals surface area (Å²) in [5.41, 5.74) is -0.271. The van der Waals surface area contributed by atoms with Crippen LogP contribution in [-0.2, 0) is 19.2 Å². The first-order valence-corrected chi connectivity index (χ1v) is 14.9. The van der Waals surface area contributed by atoms with E-state index in [4.69, 9.17) is 0 Å². The van der Waals surface area contributed by atoms with Gasteiger partial charge in [0.2, 0.25) is 17.6 Å². The highest BCUT2D eigenvalue weighted by Crippen LogP contribution is 2.26. The summed E-state index contributed by atoms with van der Waals surface area (Å²) in [7, 11) is 0. The lowest BCUT2D eigenvalue weighted by atomic mass is 9.85. The zero-order chi connectivity index (χ0) is 32.3. The molecule has 1 aliphatic rings. The SMILES string of the molecule is C=CCNC(=O)C(=O)C(CCC)NC(=O)[C@@H]1CCCN1C(=O)[C@@H](NC(=O)N[C@H](C(=O)c1ccccc1)C(C)C)C(C)(C)C. The van der Waals surface area contributed by atoms with Gasteiger partial charge in [-0.25, -0.2) is 4.79 Å². The fourth-order valence-electron chi connectivity index (χ4n) is 4.98. The van der Waals surface area contributed by atoms with Crippen molar-refractivity contribution in [3.8, 4) is 0 Å². The number of carbonyl (C=O) groups excluding carboxylic acids is 6. The Morgan fingerprint density at radius 1 is 1.02 bits per heavy atom. The number of ketones is 2. The molecule has 0 bridgehead atoms. The lowest BCUT2D eigenvalue weighted by molar-refractivity contribution is -0.143. The molecule has 1 fully saturated rings. The second kappa shape index (κ2) is 16.0. The summed E-state index contributed by atoms with van der Waals surface area (Å²) < 4.78 is 0. The van der Waals surface area contributed by atoms with Gasteiger partial charge < -0.3 is 26.2 Å². The van der Waals surface area contributed by atoms with Crippen LogP contribution in [0.2, 0.25) is 0 Å². The fourth-order valence-corrected chi connectivity index (χ4v) is 4.98. The molecule has 0 spiro atoms. The molecule has 4 N–H and O–H groups in total. The van der Waals surface area contributed by atoms with E-state index in [1.54, 1.807) is 51.1 Å². The van der Waals surface area contributed by atoms with Gasteiger partial charge in [0, 0.05) is 18.7 Å². The van der Waals surface area contributed by atoms with E-state index >= 15 is 0 Å². The number of hydrogen-bond acceptors (Lipinski definition) is 6. The van der Waals surface area contributed by atoms with Crippen molar-refractivity contribution in [1.29, 1.82) is 0 Å². The highest BCUT2D eigenvalue weighted by Gasteiger charge is 2.43. The maximum Gasteiger partial charge on any atom is 0.316 e. The van der Waals surface area contributed by atoms with Crippen LogP contribution in [-0.4, -0.2) is 77.5 Å². The number of amides is 5. The highest BCUT2D eigenvalue weighted by atomic mass is 16.2. The molecule has 2 rings (SSSR count). The van der Waals surface area contributed by atoms with Crippen LogP contribution in [0.25, 0.3) is 0 Å². The van der Waals surface area contributed by atoms with Gasteiger partial charge >= 0.3 is 6.03 Å². The molecule has 11 nitrogen and oxygen atoms in total. The van der Waals surface area contributed by atoms with Crippen molar-refractivity contribution in [2.24, 2.45) is 11.3 Å². The molecule has 0 radical (unpaired) electrons. The van der Waals surface area contributed by atoms with E-state index in [9.17, 15) is 28.8 Å². The highest BCUT2D eigenvalue weighted by molar-refractivity contribution is 6.38. The minimum absolute atomic E-state index is 0.120. The summed E-state index contributed by atoms with van der Waals surface area (Å²) >= 11 is 0. The average Bonchev–Trinajstić information content (AvgIpc) is 3.46. The molecule has 1 unspecified atom stereocenters. The van der Waals surface area contributed by atoms with E-state index < -0.39 is 59.1 Å². The van der Waals surface area contributed by atoms with Crippen LogP contribution in [0, 0.1) is 11.3 Å². The minimum atomic E-state index is -1.03. The molecule has 1 aromatic rings. The number of nitrogens with zero attached hydrogens (tertiary/aromatic N) is 1. The monoisotopic (exact) mass is 597 g/mol. The molecule has 4 atom stereocenters.